The molecule has 1 fully saturated rings. The molecule has 2 heterocycles. The number of para-hydroxylation sites is 1. The van der Waals surface area contributed by atoms with Crippen molar-refractivity contribution in [2.75, 3.05) is 11.4 Å². The second kappa shape index (κ2) is 9.79. The quantitative estimate of drug-likeness (QED) is 0.554. The van der Waals surface area contributed by atoms with Crippen molar-refractivity contribution in [2.45, 2.75) is 52.1 Å². The standard InChI is InChI=1S/C25H30N4O3S/c1-3-28(19-7-5-4-6-16(19)2)23(30)15-29-20-12-13-33-22(20)14-21(29)25(32)27-18-10-8-17(9-11-18)24(26)31/h4-7,12-14,17-18H,3,8-11,15H2,1-2H3,(H2,26,31)(H,27,32). The predicted octanol–water partition coefficient (Wildman–Crippen LogP) is 3.84. The van der Waals surface area contributed by atoms with E-state index in [4.69, 9.17) is 5.73 Å². The summed E-state index contributed by atoms with van der Waals surface area (Å²) in [4.78, 5) is 39.8. The molecule has 0 spiro atoms. The number of carbonyl (C=O) groups excluding carboxylic acids is 3. The number of aromatic nitrogens is 1. The van der Waals surface area contributed by atoms with Crippen molar-refractivity contribution >= 4 is 45.0 Å². The van der Waals surface area contributed by atoms with Crippen LogP contribution in [0.15, 0.2) is 41.8 Å². The summed E-state index contributed by atoms with van der Waals surface area (Å²) in [5, 5.41) is 5.08. The molecule has 33 heavy (non-hydrogen) atoms. The van der Waals surface area contributed by atoms with E-state index >= 15 is 0 Å². The molecule has 1 saturated carbocycles. The Labute approximate surface area is 197 Å². The molecule has 1 aliphatic carbocycles. The third-order valence-electron chi connectivity index (χ3n) is 6.54. The highest BCUT2D eigenvalue weighted by Gasteiger charge is 2.28. The van der Waals surface area contributed by atoms with Gasteiger partial charge in [0.2, 0.25) is 11.8 Å². The van der Waals surface area contributed by atoms with E-state index in [1.807, 2.05) is 60.2 Å². The van der Waals surface area contributed by atoms with E-state index in [-0.39, 0.29) is 36.2 Å². The first-order chi connectivity index (χ1) is 15.9. The Bertz CT molecular complexity index is 1170. The number of likely N-dealkylation sites (N-methyl/N-ethyl adjacent to an activating group) is 1. The van der Waals surface area contributed by atoms with E-state index in [1.54, 1.807) is 16.2 Å². The molecular weight excluding hydrogens is 436 g/mol. The van der Waals surface area contributed by atoms with Gasteiger partial charge in [-0.15, -0.1) is 11.3 Å². The summed E-state index contributed by atoms with van der Waals surface area (Å²) in [5.41, 5.74) is 8.72. The summed E-state index contributed by atoms with van der Waals surface area (Å²) in [6, 6.07) is 11.6. The van der Waals surface area contributed by atoms with Gasteiger partial charge in [-0.2, -0.15) is 0 Å². The molecule has 0 saturated heterocycles. The molecule has 0 aliphatic heterocycles. The van der Waals surface area contributed by atoms with Gasteiger partial charge in [-0.05, 0) is 68.7 Å². The van der Waals surface area contributed by atoms with Crippen LogP contribution in [-0.4, -0.2) is 34.9 Å². The van der Waals surface area contributed by atoms with Crippen molar-refractivity contribution in [3.63, 3.8) is 0 Å². The predicted molar refractivity (Wildman–Crippen MR) is 131 cm³/mol. The Balaban J connectivity index is 1.54. The molecule has 174 valence electrons. The second-order valence-corrected chi connectivity index (χ2v) is 9.58. The number of nitrogens with two attached hydrogens (primary N) is 1. The Hall–Kier alpha value is -3.13. The first-order valence-electron chi connectivity index (χ1n) is 11.4. The van der Waals surface area contributed by atoms with Gasteiger partial charge in [0, 0.05) is 24.2 Å². The van der Waals surface area contributed by atoms with E-state index in [1.165, 1.54) is 0 Å². The van der Waals surface area contributed by atoms with Gasteiger partial charge < -0.3 is 20.5 Å². The lowest BCUT2D eigenvalue weighted by atomic mass is 9.85. The fraction of sp³-hybridized carbons (Fsp3) is 0.400. The maximum atomic E-state index is 13.4. The van der Waals surface area contributed by atoms with Gasteiger partial charge in [0.1, 0.15) is 12.2 Å². The lowest BCUT2D eigenvalue weighted by Gasteiger charge is -2.27. The summed E-state index contributed by atoms with van der Waals surface area (Å²) in [7, 11) is 0. The number of nitrogens with one attached hydrogen (secondary N) is 1. The SMILES string of the molecule is CCN(C(=O)Cn1c(C(=O)NC2CCC(C(N)=O)CC2)cc2sccc21)c1ccccc1C. The molecule has 4 rings (SSSR count). The third-order valence-corrected chi connectivity index (χ3v) is 7.39. The van der Waals surface area contributed by atoms with Crippen LogP contribution in [0.25, 0.3) is 10.2 Å². The number of fused-ring (bicyclic) bond motifs is 1. The average Bonchev–Trinajstić information content (AvgIpc) is 3.38. The van der Waals surface area contributed by atoms with Gasteiger partial charge in [0.05, 0.1) is 10.2 Å². The highest BCUT2D eigenvalue weighted by atomic mass is 32.1. The molecular formula is C25H30N4O3S. The second-order valence-electron chi connectivity index (χ2n) is 8.63. The first-order valence-corrected chi connectivity index (χ1v) is 12.3. The topological polar surface area (TPSA) is 97.4 Å². The summed E-state index contributed by atoms with van der Waals surface area (Å²) >= 11 is 1.55. The minimum atomic E-state index is -0.262. The number of hydrogen-bond acceptors (Lipinski definition) is 4. The van der Waals surface area contributed by atoms with Gasteiger partial charge in [0.25, 0.3) is 5.91 Å². The number of anilines is 1. The molecule has 7 nitrogen and oxygen atoms in total. The Morgan fingerprint density at radius 1 is 1.15 bits per heavy atom. The summed E-state index contributed by atoms with van der Waals surface area (Å²) in [5.74, 6) is -0.618. The molecule has 3 aromatic rings. The van der Waals surface area contributed by atoms with Crippen molar-refractivity contribution in [3.8, 4) is 0 Å². The molecule has 3 amide bonds. The van der Waals surface area contributed by atoms with E-state index in [0.717, 1.165) is 34.3 Å². The van der Waals surface area contributed by atoms with Crippen molar-refractivity contribution in [3.05, 3.63) is 53.0 Å². The van der Waals surface area contributed by atoms with Crippen molar-refractivity contribution in [2.24, 2.45) is 11.7 Å². The van der Waals surface area contributed by atoms with Gasteiger partial charge in [-0.25, -0.2) is 0 Å². The lowest BCUT2D eigenvalue weighted by Crippen LogP contribution is -2.41. The summed E-state index contributed by atoms with van der Waals surface area (Å²) in [6.45, 7) is 4.57. The summed E-state index contributed by atoms with van der Waals surface area (Å²) in [6.07, 6.45) is 2.84. The van der Waals surface area contributed by atoms with Crippen molar-refractivity contribution in [1.82, 2.24) is 9.88 Å². The van der Waals surface area contributed by atoms with E-state index in [9.17, 15) is 14.4 Å². The van der Waals surface area contributed by atoms with Crippen LogP contribution in [0, 0.1) is 12.8 Å². The molecule has 0 radical (unpaired) electrons. The molecule has 0 atom stereocenters. The van der Waals surface area contributed by atoms with Gasteiger partial charge in [0.15, 0.2) is 0 Å². The van der Waals surface area contributed by atoms with Crippen LogP contribution in [-0.2, 0) is 16.1 Å². The third kappa shape index (κ3) is 4.80. The van der Waals surface area contributed by atoms with Gasteiger partial charge in [-0.1, -0.05) is 18.2 Å². The summed E-state index contributed by atoms with van der Waals surface area (Å²) < 4.78 is 2.80. The Morgan fingerprint density at radius 3 is 2.55 bits per heavy atom. The van der Waals surface area contributed by atoms with Crippen LogP contribution < -0.4 is 16.0 Å². The van der Waals surface area contributed by atoms with Crippen LogP contribution in [0.3, 0.4) is 0 Å². The number of hydrogen-bond donors (Lipinski definition) is 2. The van der Waals surface area contributed by atoms with E-state index in [0.29, 0.717) is 25.1 Å². The zero-order valence-electron chi connectivity index (χ0n) is 19.0. The number of primary amides is 1. The minimum Gasteiger partial charge on any atom is -0.369 e. The highest BCUT2D eigenvalue weighted by molar-refractivity contribution is 7.17. The largest absolute Gasteiger partial charge is 0.369 e. The first kappa shape index (κ1) is 23.0. The molecule has 1 aliphatic rings. The highest BCUT2D eigenvalue weighted by Crippen LogP contribution is 2.28. The molecule has 8 heteroatoms. The van der Waals surface area contributed by atoms with E-state index in [2.05, 4.69) is 5.32 Å². The maximum absolute atomic E-state index is 13.4. The fourth-order valence-corrected chi connectivity index (χ4v) is 5.51. The smallest absolute Gasteiger partial charge is 0.268 e. The van der Waals surface area contributed by atoms with Crippen molar-refractivity contribution < 1.29 is 14.4 Å². The number of thiophene rings is 1. The fourth-order valence-electron chi connectivity index (χ4n) is 4.69. The van der Waals surface area contributed by atoms with Crippen molar-refractivity contribution in [1.29, 1.82) is 0 Å². The Morgan fingerprint density at radius 2 is 1.88 bits per heavy atom. The molecule has 1 aromatic carbocycles. The number of carbonyl (C=O) groups is 3. The lowest BCUT2D eigenvalue weighted by molar-refractivity contribution is -0.122. The number of amides is 3. The maximum Gasteiger partial charge on any atom is 0.268 e. The minimum absolute atomic E-state index is 0.00398. The van der Waals surface area contributed by atoms with Crippen LogP contribution >= 0.6 is 11.3 Å². The number of nitrogens with zero attached hydrogens (tertiary/aromatic N) is 2. The van der Waals surface area contributed by atoms with Crippen LogP contribution in [0.5, 0.6) is 0 Å². The van der Waals surface area contributed by atoms with E-state index < -0.39 is 0 Å². The van der Waals surface area contributed by atoms with Gasteiger partial charge in [-0.3, -0.25) is 14.4 Å². The van der Waals surface area contributed by atoms with Gasteiger partial charge >= 0.3 is 0 Å². The monoisotopic (exact) mass is 466 g/mol. The molecule has 0 bridgehead atoms. The van der Waals surface area contributed by atoms with Crippen LogP contribution in [0.4, 0.5) is 5.69 Å². The Kier molecular flexibility index (Phi) is 6.83. The number of aryl methyl sites for hydroxylation is 1. The molecule has 3 N–H and O–H groups in total. The number of rotatable bonds is 7. The normalized spacial score (nSPS) is 18.2. The number of benzene rings is 1. The zero-order chi connectivity index (χ0) is 23.5. The van der Waals surface area contributed by atoms with Crippen LogP contribution in [0.2, 0.25) is 0 Å². The average molecular weight is 467 g/mol. The zero-order valence-corrected chi connectivity index (χ0v) is 19.9. The van der Waals surface area contributed by atoms with Crippen LogP contribution in [0.1, 0.15) is 48.7 Å². The molecule has 2 aromatic heterocycles. The molecule has 0 unspecified atom stereocenters.